The van der Waals surface area contributed by atoms with Crippen LogP contribution in [0.15, 0.2) is 83.4 Å². The Balaban J connectivity index is 1.30. The SMILES string of the molecule is COC(=O)c1ccc(Nc2cc(N3CCN(c4ccc(F)cc4)CC3)c3noc4c3c2C(=O)c2ccccc2-4)cc1. The van der Waals surface area contributed by atoms with Crippen molar-refractivity contribution >= 4 is 45.4 Å². The molecule has 9 heteroatoms. The maximum atomic E-state index is 13.9. The number of fused-ring (bicyclic) bond motifs is 2. The van der Waals surface area contributed by atoms with Gasteiger partial charge >= 0.3 is 5.97 Å². The van der Waals surface area contributed by atoms with Gasteiger partial charge in [-0.15, -0.1) is 0 Å². The second-order valence-electron chi connectivity index (χ2n) is 10.1. The molecule has 5 aromatic rings. The van der Waals surface area contributed by atoms with Gasteiger partial charge in [0.1, 0.15) is 11.3 Å². The van der Waals surface area contributed by atoms with Crippen molar-refractivity contribution in [3.05, 3.63) is 101 Å². The number of hydrogen-bond acceptors (Lipinski definition) is 8. The van der Waals surface area contributed by atoms with Crippen LogP contribution in [0.5, 0.6) is 0 Å². The number of nitrogens with zero attached hydrogens (tertiary/aromatic N) is 3. The number of anilines is 4. The van der Waals surface area contributed by atoms with E-state index < -0.39 is 5.97 Å². The lowest BCUT2D eigenvalue weighted by molar-refractivity contribution is 0.0600. The lowest BCUT2D eigenvalue weighted by Crippen LogP contribution is -2.46. The van der Waals surface area contributed by atoms with Crippen LogP contribution < -0.4 is 15.1 Å². The van der Waals surface area contributed by atoms with E-state index in [0.29, 0.717) is 57.8 Å². The molecule has 204 valence electrons. The summed E-state index contributed by atoms with van der Waals surface area (Å²) in [6, 6.07) is 22.8. The molecule has 1 saturated heterocycles. The number of ketones is 1. The van der Waals surface area contributed by atoms with Crippen LogP contribution in [0.3, 0.4) is 0 Å². The van der Waals surface area contributed by atoms with Crippen LogP contribution in [0, 0.1) is 5.82 Å². The second kappa shape index (κ2) is 9.78. The van der Waals surface area contributed by atoms with Crippen molar-refractivity contribution in [1.82, 2.24) is 5.16 Å². The van der Waals surface area contributed by atoms with Crippen LogP contribution in [0.1, 0.15) is 26.3 Å². The summed E-state index contributed by atoms with van der Waals surface area (Å²) in [4.78, 5) is 30.3. The normalized spacial score (nSPS) is 14.2. The number of carbonyl (C=O) groups is 2. The number of hydrogen-bond donors (Lipinski definition) is 1. The number of methoxy groups -OCH3 is 1. The topological polar surface area (TPSA) is 87.9 Å². The summed E-state index contributed by atoms with van der Waals surface area (Å²) in [5.74, 6) is -0.214. The zero-order valence-electron chi connectivity index (χ0n) is 22.2. The van der Waals surface area contributed by atoms with Gasteiger partial charge in [-0.05, 0) is 54.6 Å². The van der Waals surface area contributed by atoms with E-state index in [1.807, 2.05) is 24.3 Å². The molecular formula is C32H25FN4O4. The fourth-order valence-electron chi connectivity index (χ4n) is 5.70. The van der Waals surface area contributed by atoms with Gasteiger partial charge in [0.05, 0.1) is 35.0 Å². The first kappa shape index (κ1) is 24.8. The van der Waals surface area contributed by atoms with Crippen molar-refractivity contribution < 1.29 is 23.2 Å². The van der Waals surface area contributed by atoms with Crippen molar-refractivity contribution in [2.45, 2.75) is 0 Å². The Hall–Kier alpha value is -5.18. The predicted octanol–water partition coefficient (Wildman–Crippen LogP) is 6.04. The molecule has 7 rings (SSSR count). The van der Waals surface area contributed by atoms with Crippen molar-refractivity contribution in [3.63, 3.8) is 0 Å². The van der Waals surface area contributed by atoms with Gasteiger partial charge in [-0.1, -0.05) is 29.4 Å². The van der Waals surface area contributed by atoms with Gasteiger partial charge in [-0.25, -0.2) is 9.18 Å². The molecule has 0 saturated carbocycles. The first-order valence-electron chi connectivity index (χ1n) is 13.3. The van der Waals surface area contributed by atoms with Crippen molar-refractivity contribution in [3.8, 4) is 11.3 Å². The number of ether oxygens (including phenoxy) is 1. The molecule has 2 aliphatic rings. The lowest BCUT2D eigenvalue weighted by atomic mass is 9.86. The molecule has 4 aromatic carbocycles. The first-order valence-corrected chi connectivity index (χ1v) is 13.3. The number of piperazine rings is 1. The third kappa shape index (κ3) is 4.17. The van der Waals surface area contributed by atoms with Gasteiger partial charge in [0.15, 0.2) is 11.5 Å². The van der Waals surface area contributed by atoms with Crippen molar-refractivity contribution in [2.24, 2.45) is 0 Å². The average Bonchev–Trinajstić information content (AvgIpc) is 3.46. The van der Waals surface area contributed by atoms with Crippen molar-refractivity contribution in [1.29, 1.82) is 0 Å². The minimum Gasteiger partial charge on any atom is -0.465 e. The van der Waals surface area contributed by atoms with Gasteiger partial charge in [-0.3, -0.25) is 4.79 Å². The monoisotopic (exact) mass is 548 g/mol. The fourth-order valence-corrected chi connectivity index (χ4v) is 5.70. The Morgan fingerprint density at radius 2 is 1.61 bits per heavy atom. The summed E-state index contributed by atoms with van der Waals surface area (Å²) >= 11 is 0. The fraction of sp³-hybridized carbons (Fsp3) is 0.156. The van der Waals surface area contributed by atoms with E-state index in [-0.39, 0.29) is 11.6 Å². The average molecular weight is 549 g/mol. The lowest BCUT2D eigenvalue weighted by Gasteiger charge is -2.37. The maximum absolute atomic E-state index is 13.9. The summed E-state index contributed by atoms with van der Waals surface area (Å²) in [5, 5.41) is 8.57. The molecule has 8 nitrogen and oxygen atoms in total. The third-order valence-corrected chi connectivity index (χ3v) is 7.78. The number of aromatic nitrogens is 1. The molecule has 0 unspecified atom stereocenters. The Morgan fingerprint density at radius 3 is 2.32 bits per heavy atom. The van der Waals surface area contributed by atoms with Crippen LogP contribution in [-0.2, 0) is 4.74 Å². The molecule has 0 amide bonds. The number of rotatable bonds is 5. The Kier molecular flexibility index (Phi) is 5.92. The number of carbonyl (C=O) groups excluding carboxylic acids is 2. The van der Waals surface area contributed by atoms with E-state index in [9.17, 15) is 14.0 Å². The summed E-state index contributed by atoms with van der Waals surface area (Å²) in [6.07, 6.45) is 0. The van der Waals surface area contributed by atoms with Gasteiger partial charge < -0.3 is 24.4 Å². The third-order valence-electron chi connectivity index (χ3n) is 7.78. The molecule has 1 aliphatic carbocycles. The summed E-state index contributed by atoms with van der Waals surface area (Å²) in [6.45, 7) is 2.87. The summed E-state index contributed by atoms with van der Waals surface area (Å²) < 4.78 is 24.2. The number of halogens is 1. The molecule has 2 heterocycles. The predicted molar refractivity (Wildman–Crippen MR) is 155 cm³/mol. The highest BCUT2D eigenvalue weighted by Gasteiger charge is 2.34. The molecule has 41 heavy (non-hydrogen) atoms. The van der Waals surface area contributed by atoms with E-state index in [2.05, 4.69) is 20.3 Å². The highest BCUT2D eigenvalue weighted by Crippen LogP contribution is 2.46. The number of nitrogens with one attached hydrogen (secondary N) is 1. The Bertz CT molecular complexity index is 1810. The van der Waals surface area contributed by atoms with Gasteiger partial charge in [0.25, 0.3) is 0 Å². The van der Waals surface area contributed by atoms with E-state index in [1.165, 1.54) is 19.2 Å². The Labute approximate surface area is 234 Å². The zero-order valence-corrected chi connectivity index (χ0v) is 22.2. The molecule has 0 radical (unpaired) electrons. The molecule has 0 bridgehead atoms. The van der Waals surface area contributed by atoms with Crippen LogP contribution >= 0.6 is 0 Å². The zero-order chi connectivity index (χ0) is 28.1. The van der Waals surface area contributed by atoms with E-state index in [1.54, 1.807) is 42.5 Å². The highest BCUT2D eigenvalue weighted by atomic mass is 19.1. The smallest absolute Gasteiger partial charge is 0.337 e. The second-order valence-corrected chi connectivity index (χ2v) is 10.1. The molecule has 1 fully saturated rings. The van der Waals surface area contributed by atoms with Gasteiger partial charge in [0, 0.05) is 48.7 Å². The summed E-state index contributed by atoms with van der Waals surface area (Å²) in [5.41, 5.74) is 6.03. The standard InChI is InChI=1S/C32H25FN4O4/c1-40-32(39)19-6-10-21(11-7-19)34-25-18-26(37-16-14-36(15-17-37)22-12-8-20(33)9-13-22)29-28-27(25)30(38)23-4-2-3-5-24(23)31(28)41-35-29/h2-13,18,34H,14-17H2,1H3. The van der Waals surface area contributed by atoms with Gasteiger partial charge in [0.2, 0.25) is 0 Å². The van der Waals surface area contributed by atoms with E-state index in [0.717, 1.165) is 30.0 Å². The van der Waals surface area contributed by atoms with Crippen molar-refractivity contribution in [2.75, 3.05) is 48.4 Å². The molecule has 0 atom stereocenters. The minimum absolute atomic E-state index is 0.109. The van der Waals surface area contributed by atoms with Crippen LogP contribution in [0.2, 0.25) is 0 Å². The molecule has 1 N–H and O–H groups in total. The first-order chi connectivity index (χ1) is 20.0. The Morgan fingerprint density at radius 1 is 0.927 bits per heavy atom. The van der Waals surface area contributed by atoms with Gasteiger partial charge in [-0.2, -0.15) is 0 Å². The minimum atomic E-state index is -0.420. The molecule has 1 aromatic heterocycles. The highest BCUT2D eigenvalue weighted by molar-refractivity contribution is 6.28. The van der Waals surface area contributed by atoms with Crippen LogP contribution in [0.4, 0.5) is 27.1 Å². The maximum Gasteiger partial charge on any atom is 0.337 e. The van der Waals surface area contributed by atoms with Crippen LogP contribution in [-0.4, -0.2) is 50.2 Å². The number of benzene rings is 4. The van der Waals surface area contributed by atoms with E-state index >= 15 is 0 Å². The molecule has 0 spiro atoms. The molecule has 1 aliphatic heterocycles. The van der Waals surface area contributed by atoms with E-state index in [4.69, 9.17) is 9.26 Å². The summed E-state index contributed by atoms with van der Waals surface area (Å²) in [7, 11) is 1.34. The van der Waals surface area contributed by atoms with Crippen LogP contribution in [0.25, 0.3) is 22.2 Å². The quantitative estimate of drug-likeness (QED) is 0.261. The largest absolute Gasteiger partial charge is 0.465 e. The molecular weight excluding hydrogens is 523 g/mol. The number of esters is 1.